The standard InChI is InChI=1S/C19H23N5O2S/c1-5-12-24-17(15-9-6-7-10-16(15)26-4)21-22-19(24)27-14(2)18(25)23(3)13-8-11-20/h5-7,9-10,14H,1,8,12-13H2,2-4H3/t14-/m1/s1. The third-order valence-electron chi connectivity index (χ3n) is 3.94. The number of para-hydroxylation sites is 1. The second kappa shape index (κ2) is 9.78. The summed E-state index contributed by atoms with van der Waals surface area (Å²) in [6.45, 7) is 6.55. The number of nitriles is 1. The van der Waals surface area contributed by atoms with Gasteiger partial charge in [0.05, 0.1) is 30.4 Å². The van der Waals surface area contributed by atoms with Crippen molar-refractivity contribution in [3.63, 3.8) is 0 Å². The van der Waals surface area contributed by atoms with Gasteiger partial charge >= 0.3 is 0 Å². The van der Waals surface area contributed by atoms with Gasteiger partial charge in [-0.25, -0.2) is 0 Å². The van der Waals surface area contributed by atoms with Gasteiger partial charge in [0.1, 0.15) is 5.75 Å². The molecule has 0 aliphatic rings. The number of ether oxygens (including phenoxy) is 1. The smallest absolute Gasteiger partial charge is 0.235 e. The van der Waals surface area contributed by atoms with E-state index >= 15 is 0 Å². The first kappa shape index (κ1) is 20.5. The molecular weight excluding hydrogens is 362 g/mol. The van der Waals surface area contributed by atoms with Crippen LogP contribution in [0.1, 0.15) is 13.3 Å². The van der Waals surface area contributed by atoms with Gasteiger partial charge in [-0.1, -0.05) is 30.0 Å². The molecule has 2 rings (SSSR count). The molecule has 0 aliphatic carbocycles. The summed E-state index contributed by atoms with van der Waals surface area (Å²) in [7, 11) is 3.31. The van der Waals surface area contributed by atoms with E-state index in [1.54, 1.807) is 25.1 Å². The highest BCUT2D eigenvalue weighted by Gasteiger charge is 2.23. The lowest BCUT2D eigenvalue weighted by Crippen LogP contribution is -2.34. The Kier molecular flexibility index (Phi) is 7.44. The van der Waals surface area contributed by atoms with Gasteiger partial charge in [0, 0.05) is 20.1 Å². The summed E-state index contributed by atoms with van der Waals surface area (Å²) < 4.78 is 7.34. The minimum atomic E-state index is -0.355. The average molecular weight is 385 g/mol. The van der Waals surface area contributed by atoms with E-state index < -0.39 is 0 Å². The predicted molar refractivity (Wildman–Crippen MR) is 105 cm³/mol. The minimum Gasteiger partial charge on any atom is -0.496 e. The van der Waals surface area contributed by atoms with E-state index in [1.165, 1.54) is 11.8 Å². The Hall–Kier alpha value is -2.79. The number of amides is 1. The first-order chi connectivity index (χ1) is 13.0. The number of nitrogens with zero attached hydrogens (tertiary/aromatic N) is 5. The zero-order valence-electron chi connectivity index (χ0n) is 15.8. The Bertz CT molecular complexity index is 843. The summed E-state index contributed by atoms with van der Waals surface area (Å²) in [6, 6.07) is 9.64. The van der Waals surface area contributed by atoms with E-state index in [4.69, 9.17) is 10.00 Å². The van der Waals surface area contributed by atoms with Gasteiger partial charge in [-0.3, -0.25) is 9.36 Å². The first-order valence-corrected chi connectivity index (χ1v) is 9.37. The first-order valence-electron chi connectivity index (χ1n) is 8.49. The van der Waals surface area contributed by atoms with Crippen LogP contribution in [0.25, 0.3) is 11.4 Å². The monoisotopic (exact) mass is 385 g/mol. The Labute approximate surface area is 163 Å². The normalized spacial score (nSPS) is 11.5. The summed E-state index contributed by atoms with van der Waals surface area (Å²) in [4.78, 5) is 14.1. The maximum atomic E-state index is 12.5. The van der Waals surface area contributed by atoms with Crippen molar-refractivity contribution in [2.24, 2.45) is 0 Å². The van der Waals surface area contributed by atoms with E-state index in [1.807, 2.05) is 35.8 Å². The number of hydrogen-bond acceptors (Lipinski definition) is 6. The highest BCUT2D eigenvalue weighted by molar-refractivity contribution is 8.00. The number of rotatable bonds is 9. The molecular formula is C19H23N5O2S. The maximum Gasteiger partial charge on any atom is 0.235 e. The zero-order valence-corrected chi connectivity index (χ0v) is 16.6. The Morgan fingerprint density at radius 1 is 1.48 bits per heavy atom. The summed E-state index contributed by atoms with van der Waals surface area (Å²) in [5.41, 5.74) is 0.825. The van der Waals surface area contributed by atoms with Crippen molar-refractivity contribution in [2.75, 3.05) is 20.7 Å². The molecule has 1 aromatic carbocycles. The van der Waals surface area contributed by atoms with E-state index in [2.05, 4.69) is 22.8 Å². The van der Waals surface area contributed by atoms with Crippen molar-refractivity contribution in [3.8, 4) is 23.2 Å². The van der Waals surface area contributed by atoms with Gasteiger partial charge in [0.2, 0.25) is 5.91 Å². The molecule has 142 valence electrons. The highest BCUT2D eigenvalue weighted by atomic mass is 32.2. The molecule has 1 aromatic heterocycles. The number of allylic oxidation sites excluding steroid dienone is 1. The SMILES string of the molecule is C=CCn1c(S[C@H](C)C(=O)N(C)CCC#N)nnc1-c1ccccc1OC. The van der Waals surface area contributed by atoms with Crippen molar-refractivity contribution in [1.82, 2.24) is 19.7 Å². The fourth-order valence-corrected chi connectivity index (χ4v) is 3.52. The van der Waals surface area contributed by atoms with Gasteiger partial charge < -0.3 is 9.64 Å². The molecule has 1 amide bonds. The average Bonchev–Trinajstić information content (AvgIpc) is 3.07. The van der Waals surface area contributed by atoms with Crippen molar-refractivity contribution >= 4 is 17.7 Å². The van der Waals surface area contributed by atoms with Gasteiger partial charge in [0.25, 0.3) is 0 Å². The molecule has 0 fully saturated rings. The van der Waals surface area contributed by atoms with Crippen LogP contribution in [0.5, 0.6) is 5.75 Å². The second-order valence-corrected chi connectivity index (χ2v) is 7.14. The number of aromatic nitrogens is 3. The van der Waals surface area contributed by atoms with Gasteiger partial charge in [-0.15, -0.1) is 16.8 Å². The Morgan fingerprint density at radius 2 is 2.22 bits per heavy atom. The fraction of sp³-hybridized carbons (Fsp3) is 0.368. The third-order valence-corrected chi connectivity index (χ3v) is 5.01. The highest BCUT2D eigenvalue weighted by Crippen LogP contribution is 2.32. The lowest BCUT2D eigenvalue weighted by molar-refractivity contribution is -0.128. The molecule has 1 heterocycles. The van der Waals surface area contributed by atoms with Gasteiger partial charge in [0.15, 0.2) is 11.0 Å². The molecule has 7 nitrogen and oxygen atoms in total. The van der Waals surface area contributed by atoms with E-state index in [0.29, 0.717) is 36.2 Å². The van der Waals surface area contributed by atoms with Crippen LogP contribution in [-0.2, 0) is 11.3 Å². The maximum absolute atomic E-state index is 12.5. The molecule has 0 aliphatic heterocycles. The number of carbonyl (C=O) groups excluding carboxylic acids is 1. The molecule has 0 spiro atoms. The van der Waals surface area contributed by atoms with Crippen molar-refractivity contribution < 1.29 is 9.53 Å². The quantitative estimate of drug-likeness (QED) is 0.487. The molecule has 0 saturated heterocycles. The van der Waals surface area contributed by atoms with Crippen LogP contribution in [0, 0.1) is 11.3 Å². The van der Waals surface area contributed by atoms with Crippen LogP contribution in [0.2, 0.25) is 0 Å². The Morgan fingerprint density at radius 3 is 2.89 bits per heavy atom. The molecule has 1 atom stereocenters. The van der Waals surface area contributed by atoms with Gasteiger partial charge in [-0.05, 0) is 19.1 Å². The van der Waals surface area contributed by atoms with E-state index in [-0.39, 0.29) is 11.2 Å². The molecule has 0 unspecified atom stereocenters. The van der Waals surface area contributed by atoms with Gasteiger partial charge in [-0.2, -0.15) is 5.26 Å². The lowest BCUT2D eigenvalue weighted by atomic mass is 10.2. The van der Waals surface area contributed by atoms with Crippen LogP contribution in [0.4, 0.5) is 0 Å². The van der Waals surface area contributed by atoms with Crippen molar-refractivity contribution in [3.05, 3.63) is 36.9 Å². The second-order valence-electron chi connectivity index (χ2n) is 5.83. The number of carbonyl (C=O) groups is 1. The molecule has 2 aromatic rings. The number of benzene rings is 1. The van der Waals surface area contributed by atoms with Crippen molar-refractivity contribution in [1.29, 1.82) is 5.26 Å². The largest absolute Gasteiger partial charge is 0.496 e. The number of methoxy groups -OCH3 is 1. The molecule has 27 heavy (non-hydrogen) atoms. The summed E-state index contributed by atoms with van der Waals surface area (Å²) in [5, 5.41) is 17.6. The molecule has 0 radical (unpaired) electrons. The number of hydrogen-bond donors (Lipinski definition) is 0. The zero-order chi connectivity index (χ0) is 19.8. The molecule has 8 heteroatoms. The summed E-state index contributed by atoms with van der Waals surface area (Å²) >= 11 is 1.34. The molecule has 0 N–H and O–H groups in total. The van der Waals surface area contributed by atoms with Crippen LogP contribution in [0.15, 0.2) is 42.1 Å². The van der Waals surface area contributed by atoms with Crippen molar-refractivity contribution in [2.45, 2.75) is 30.3 Å². The summed E-state index contributed by atoms with van der Waals surface area (Å²) in [5.74, 6) is 1.31. The van der Waals surface area contributed by atoms with E-state index in [0.717, 1.165) is 5.56 Å². The predicted octanol–water partition coefficient (Wildman–Crippen LogP) is 2.99. The fourth-order valence-electron chi connectivity index (χ4n) is 2.54. The molecule has 0 bridgehead atoms. The summed E-state index contributed by atoms with van der Waals surface area (Å²) in [6.07, 6.45) is 2.07. The molecule has 0 saturated carbocycles. The van der Waals surface area contributed by atoms with Crippen LogP contribution < -0.4 is 4.74 Å². The minimum absolute atomic E-state index is 0.0535. The van der Waals surface area contributed by atoms with Crippen LogP contribution >= 0.6 is 11.8 Å². The van der Waals surface area contributed by atoms with Crippen LogP contribution in [0.3, 0.4) is 0 Å². The third kappa shape index (κ3) is 4.89. The van der Waals surface area contributed by atoms with Crippen LogP contribution in [-0.4, -0.2) is 51.5 Å². The van der Waals surface area contributed by atoms with E-state index in [9.17, 15) is 4.79 Å². The Balaban J connectivity index is 2.28. The topological polar surface area (TPSA) is 84.0 Å². The lowest BCUT2D eigenvalue weighted by Gasteiger charge is -2.20. The number of thioether (sulfide) groups is 1.